The van der Waals surface area contributed by atoms with Crippen molar-refractivity contribution in [2.24, 2.45) is 0 Å². The summed E-state index contributed by atoms with van der Waals surface area (Å²) in [5.74, 6) is 0.0601. The van der Waals surface area contributed by atoms with Gasteiger partial charge in [0.2, 0.25) is 0 Å². The van der Waals surface area contributed by atoms with Crippen molar-refractivity contribution < 1.29 is 9.53 Å². The van der Waals surface area contributed by atoms with E-state index in [1.165, 1.54) is 19.4 Å². The van der Waals surface area contributed by atoms with E-state index in [9.17, 15) is 4.79 Å². The van der Waals surface area contributed by atoms with Gasteiger partial charge in [0.15, 0.2) is 11.4 Å². The van der Waals surface area contributed by atoms with E-state index < -0.39 is 0 Å². The van der Waals surface area contributed by atoms with Crippen LogP contribution >= 0.6 is 0 Å². The van der Waals surface area contributed by atoms with Gasteiger partial charge >= 0.3 is 5.97 Å². The van der Waals surface area contributed by atoms with E-state index in [4.69, 9.17) is 4.74 Å². The van der Waals surface area contributed by atoms with E-state index in [0.29, 0.717) is 11.4 Å². The first-order chi connectivity index (χ1) is 6.25. The molecule has 0 unspecified atom stereocenters. The van der Waals surface area contributed by atoms with E-state index in [2.05, 4.69) is 15.0 Å². The van der Waals surface area contributed by atoms with Crippen LogP contribution in [0.15, 0.2) is 18.6 Å². The van der Waals surface area contributed by atoms with Gasteiger partial charge in [-0.05, 0) is 0 Å². The number of esters is 1. The maximum Gasteiger partial charge on any atom is 0.308 e. The number of nitrogens with one attached hydrogen (secondary N) is 1. The molecular weight excluding hydrogens is 170 g/mol. The van der Waals surface area contributed by atoms with Crippen LogP contribution in [0.25, 0.3) is 11.2 Å². The molecule has 0 saturated heterocycles. The molecule has 2 rings (SSSR count). The number of aromatic amines is 1. The highest BCUT2D eigenvalue weighted by molar-refractivity contribution is 5.74. The highest BCUT2D eigenvalue weighted by Crippen LogP contribution is 2.14. The largest absolute Gasteiger partial charge is 0.425 e. The average Bonchev–Trinajstić information content (AvgIpc) is 2.49. The molecular formula is C8H7N3O2. The molecule has 0 aliphatic carbocycles. The Morgan fingerprint density at radius 3 is 3.15 bits per heavy atom. The van der Waals surface area contributed by atoms with Gasteiger partial charge < -0.3 is 9.72 Å². The molecule has 2 aromatic heterocycles. The number of nitrogens with zero attached hydrogens (tertiary/aromatic N) is 2. The summed E-state index contributed by atoms with van der Waals surface area (Å²) in [7, 11) is 0. The summed E-state index contributed by atoms with van der Waals surface area (Å²) in [6, 6.07) is 1.68. The summed E-state index contributed by atoms with van der Waals surface area (Å²) >= 11 is 0. The lowest BCUT2D eigenvalue weighted by atomic mass is 10.4. The van der Waals surface area contributed by atoms with E-state index >= 15 is 0 Å². The molecule has 0 saturated carbocycles. The molecule has 5 nitrogen and oxygen atoms in total. The molecule has 0 aliphatic heterocycles. The molecule has 0 bridgehead atoms. The number of carbonyl (C=O) groups is 1. The molecule has 0 radical (unpaired) electrons. The second-order valence-corrected chi connectivity index (χ2v) is 2.54. The van der Waals surface area contributed by atoms with Crippen LogP contribution in [0, 0.1) is 0 Å². The third-order valence-electron chi connectivity index (χ3n) is 1.51. The fraction of sp³-hybridized carbons (Fsp3) is 0.125. The van der Waals surface area contributed by atoms with Crippen LogP contribution in [0.2, 0.25) is 0 Å². The Morgan fingerprint density at radius 2 is 2.38 bits per heavy atom. The molecule has 66 valence electrons. The van der Waals surface area contributed by atoms with E-state index in [1.54, 1.807) is 6.07 Å². The molecule has 0 amide bonds. The minimum Gasteiger partial charge on any atom is -0.425 e. The normalized spacial score (nSPS) is 10.2. The van der Waals surface area contributed by atoms with Crippen molar-refractivity contribution in [3.63, 3.8) is 0 Å². The van der Waals surface area contributed by atoms with E-state index in [1.807, 2.05) is 0 Å². The summed E-state index contributed by atoms with van der Waals surface area (Å²) in [4.78, 5) is 21.4. The number of fused-ring (bicyclic) bond motifs is 1. The van der Waals surface area contributed by atoms with Gasteiger partial charge in [0.1, 0.15) is 0 Å². The molecule has 0 aliphatic rings. The number of hydrogen-bond donors (Lipinski definition) is 1. The van der Waals surface area contributed by atoms with Gasteiger partial charge in [-0.2, -0.15) is 0 Å². The number of pyridine rings is 1. The summed E-state index contributed by atoms with van der Waals surface area (Å²) in [5, 5.41) is 0. The maximum absolute atomic E-state index is 10.6. The summed E-state index contributed by atoms with van der Waals surface area (Å²) < 4.78 is 4.84. The van der Waals surface area contributed by atoms with Crippen LogP contribution in [0.3, 0.4) is 0 Å². The number of ether oxygens (including phenoxy) is 1. The zero-order chi connectivity index (χ0) is 9.26. The summed E-state index contributed by atoms with van der Waals surface area (Å²) in [6.07, 6.45) is 3.00. The Balaban J connectivity index is 2.42. The first kappa shape index (κ1) is 7.72. The molecule has 0 fully saturated rings. The zero-order valence-electron chi connectivity index (χ0n) is 6.94. The first-order valence-corrected chi connectivity index (χ1v) is 3.73. The third-order valence-corrected chi connectivity index (χ3v) is 1.51. The van der Waals surface area contributed by atoms with E-state index in [0.717, 1.165) is 5.52 Å². The molecule has 13 heavy (non-hydrogen) atoms. The number of imidazole rings is 1. The molecule has 0 spiro atoms. The van der Waals surface area contributed by atoms with Crippen molar-refractivity contribution in [1.82, 2.24) is 15.0 Å². The van der Waals surface area contributed by atoms with Gasteiger partial charge in [0, 0.05) is 13.0 Å². The van der Waals surface area contributed by atoms with Crippen molar-refractivity contribution in [2.45, 2.75) is 6.92 Å². The van der Waals surface area contributed by atoms with Gasteiger partial charge in [-0.3, -0.25) is 4.79 Å². The third kappa shape index (κ3) is 1.48. The summed E-state index contributed by atoms with van der Waals surface area (Å²) in [5.41, 5.74) is 1.36. The number of hydrogen-bond acceptors (Lipinski definition) is 4. The van der Waals surface area contributed by atoms with E-state index in [-0.39, 0.29) is 5.97 Å². The van der Waals surface area contributed by atoms with Crippen LogP contribution in [-0.2, 0) is 4.79 Å². The topological polar surface area (TPSA) is 67.9 Å². The van der Waals surface area contributed by atoms with Crippen LogP contribution < -0.4 is 4.74 Å². The lowest BCUT2D eigenvalue weighted by molar-refractivity contribution is -0.131. The van der Waals surface area contributed by atoms with Gasteiger partial charge in [0.25, 0.3) is 0 Å². The second-order valence-electron chi connectivity index (χ2n) is 2.54. The molecule has 1 N–H and O–H groups in total. The van der Waals surface area contributed by atoms with Gasteiger partial charge in [-0.25, -0.2) is 9.97 Å². The highest BCUT2D eigenvalue weighted by Gasteiger charge is 2.01. The number of carbonyl (C=O) groups excluding carboxylic acids is 1. The minimum atomic E-state index is -0.360. The van der Waals surface area contributed by atoms with Crippen molar-refractivity contribution in [3.8, 4) is 5.75 Å². The van der Waals surface area contributed by atoms with Crippen LogP contribution in [0.4, 0.5) is 0 Å². The highest BCUT2D eigenvalue weighted by atomic mass is 16.5. The Morgan fingerprint density at radius 1 is 1.54 bits per heavy atom. The fourth-order valence-electron chi connectivity index (χ4n) is 1.03. The number of H-pyrrole nitrogens is 1. The van der Waals surface area contributed by atoms with Crippen LogP contribution in [0.5, 0.6) is 5.75 Å². The standard InChI is InChI=1S/C8H7N3O2/c1-5(12)13-6-2-7-8(9-3-6)11-4-10-7/h2-4H,1H3,(H,9,10,11). The average molecular weight is 177 g/mol. The molecule has 0 aromatic carbocycles. The zero-order valence-corrected chi connectivity index (χ0v) is 6.94. The van der Waals surface area contributed by atoms with Gasteiger partial charge in [0.05, 0.1) is 18.0 Å². The molecule has 0 atom stereocenters. The summed E-state index contributed by atoms with van der Waals surface area (Å²) in [6.45, 7) is 1.34. The van der Waals surface area contributed by atoms with Crippen LogP contribution in [-0.4, -0.2) is 20.9 Å². The Hall–Kier alpha value is -1.91. The molecule has 2 aromatic rings. The van der Waals surface area contributed by atoms with Crippen molar-refractivity contribution in [2.75, 3.05) is 0 Å². The van der Waals surface area contributed by atoms with Gasteiger partial charge in [-0.15, -0.1) is 0 Å². The molecule has 5 heteroatoms. The maximum atomic E-state index is 10.6. The Kier molecular flexibility index (Phi) is 1.70. The SMILES string of the molecule is CC(=O)Oc1cnc2nc[nH]c2c1. The Bertz CT molecular complexity index is 449. The monoisotopic (exact) mass is 177 g/mol. The minimum absolute atomic E-state index is 0.360. The number of aromatic nitrogens is 3. The second kappa shape index (κ2) is 2.85. The first-order valence-electron chi connectivity index (χ1n) is 3.73. The lowest BCUT2D eigenvalue weighted by Gasteiger charge is -1.98. The quantitative estimate of drug-likeness (QED) is 0.656. The van der Waals surface area contributed by atoms with Crippen LogP contribution in [0.1, 0.15) is 6.92 Å². The smallest absolute Gasteiger partial charge is 0.308 e. The Labute approximate surface area is 73.8 Å². The van der Waals surface area contributed by atoms with Crippen molar-refractivity contribution in [1.29, 1.82) is 0 Å². The lowest BCUT2D eigenvalue weighted by Crippen LogP contribution is -2.01. The predicted molar refractivity (Wildman–Crippen MR) is 45.2 cm³/mol. The molecule has 2 heterocycles. The van der Waals surface area contributed by atoms with Gasteiger partial charge in [-0.1, -0.05) is 0 Å². The van der Waals surface area contributed by atoms with Crippen molar-refractivity contribution in [3.05, 3.63) is 18.6 Å². The predicted octanol–water partition coefficient (Wildman–Crippen LogP) is 0.883. The van der Waals surface area contributed by atoms with Crippen molar-refractivity contribution >= 4 is 17.1 Å². The fourth-order valence-corrected chi connectivity index (χ4v) is 1.03. The number of rotatable bonds is 1.